The third kappa shape index (κ3) is 2.16. The first kappa shape index (κ1) is 12.4. The lowest BCUT2D eigenvalue weighted by Gasteiger charge is -2.10. The molecule has 17 heavy (non-hydrogen) atoms. The van der Waals surface area contributed by atoms with Gasteiger partial charge in [-0.15, -0.1) is 0 Å². The zero-order valence-corrected chi connectivity index (χ0v) is 10.9. The van der Waals surface area contributed by atoms with Gasteiger partial charge in [0.15, 0.2) is 0 Å². The summed E-state index contributed by atoms with van der Waals surface area (Å²) in [4.78, 5) is 10.6. The van der Waals surface area contributed by atoms with Crippen molar-refractivity contribution in [1.82, 2.24) is 9.78 Å². The van der Waals surface area contributed by atoms with Crippen LogP contribution in [-0.2, 0) is 0 Å². The van der Waals surface area contributed by atoms with Crippen LogP contribution in [0.1, 0.15) is 51.3 Å². The number of rotatable bonds is 4. The Morgan fingerprint density at radius 3 is 2.41 bits per heavy atom. The maximum Gasteiger partial charge on any atom is 0.329 e. The summed E-state index contributed by atoms with van der Waals surface area (Å²) in [6.45, 7) is 5.79. The van der Waals surface area contributed by atoms with Crippen LogP contribution in [0.15, 0.2) is 0 Å². The van der Waals surface area contributed by atoms with Crippen LogP contribution in [0.3, 0.4) is 0 Å². The van der Waals surface area contributed by atoms with E-state index in [1.807, 2.05) is 20.8 Å². The Balaban J connectivity index is 2.47. The molecule has 2 rings (SSSR count). The molecular formula is C11H16ClN3O2. The molecule has 0 amide bonds. The molecule has 0 radical (unpaired) electrons. The number of hydrogen-bond donors (Lipinski definition) is 0. The molecule has 1 unspecified atom stereocenters. The van der Waals surface area contributed by atoms with E-state index in [4.69, 9.17) is 11.6 Å². The second-order valence-corrected chi connectivity index (χ2v) is 5.32. The summed E-state index contributed by atoms with van der Waals surface area (Å²) >= 11 is 6.09. The zero-order valence-electron chi connectivity index (χ0n) is 10.2. The Morgan fingerprint density at radius 1 is 1.47 bits per heavy atom. The van der Waals surface area contributed by atoms with Crippen LogP contribution in [0.4, 0.5) is 5.69 Å². The van der Waals surface area contributed by atoms with E-state index in [-0.39, 0.29) is 22.8 Å². The number of aromatic nitrogens is 2. The first-order chi connectivity index (χ1) is 7.93. The minimum absolute atomic E-state index is 0.000512. The van der Waals surface area contributed by atoms with Gasteiger partial charge < -0.3 is 0 Å². The third-order valence-corrected chi connectivity index (χ3v) is 3.63. The molecule has 1 atom stereocenters. The molecule has 0 spiro atoms. The minimum atomic E-state index is -0.430. The van der Waals surface area contributed by atoms with Crippen molar-refractivity contribution in [2.75, 3.05) is 0 Å². The predicted octanol–water partition coefficient (Wildman–Crippen LogP) is 3.54. The van der Waals surface area contributed by atoms with Gasteiger partial charge in [0, 0.05) is 5.92 Å². The zero-order chi connectivity index (χ0) is 12.7. The number of halogens is 1. The Kier molecular flexibility index (Phi) is 3.12. The second-order valence-electron chi connectivity index (χ2n) is 4.96. The van der Waals surface area contributed by atoms with Crippen molar-refractivity contribution in [3.63, 3.8) is 0 Å². The smallest absolute Gasteiger partial charge is 0.258 e. The molecule has 1 aliphatic rings. The van der Waals surface area contributed by atoms with Gasteiger partial charge in [-0.25, -0.2) is 4.68 Å². The molecular weight excluding hydrogens is 242 g/mol. The van der Waals surface area contributed by atoms with Crippen LogP contribution in [0.25, 0.3) is 0 Å². The Hall–Kier alpha value is -1.10. The van der Waals surface area contributed by atoms with Crippen molar-refractivity contribution in [3.8, 4) is 0 Å². The summed E-state index contributed by atoms with van der Waals surface area (Å²) < 4.78 is 1.62. The molecule has 0 bridgehead atoms. The fraction of sp³-hybridized carbons (Fsp3) is 0.727. The van der Waals surface area contributed by atoms with Gasteiger partial charge in [0.25, 0.3) is 0 Å². The van der Waals surface area contributed by atoms with E-state index in [1.165, 1.54) is 0 Å². The molecule has 0 N–H and O–H groups in total. The van der Waals surface area contributed by atoms with Gasteiger partial charge in [-0.05, 0) is 25.7 Å². The van der Waals surface area contributed by atoms with Crippen LogP contribution >= 0.6 is 11.6 Å². The maximum atomic E-state index is 11.0. The molecule has 1 fully saturated rings. The van der Waals surface area contributed by atoms with Crippen LogP contribution < -0.4 is 0 Å². The highest BCUT2D eigenvalue weighted by Crippen LogP contribution is 2.43. The molecule has 0 saturated heterocycles. The summed E-state index contributed by atoms with van der Waals surface area (Å²) in [6.07, 6.45) is 2.31. The lowest BCUT2D eigenvalue weighted by atomic mass is 10.1. The fourth-order valence-corrected chi connectivity index (χ4v) is 2.38. The molecule has 5 nitrogen and oxygen atoms in total. The minimum Gasteiger partial charge on any atom is -0.258 e. The highest BCUT2D eigenvalue weighted by molar-refractivity contribution is 6.31. The van der Waals surface area contributed by atoms with Gasteiger partial charge in [-0.1, -0.05) is 25.4 Å². The standard InChI is InChI=1S/C11H16ClN3O2/c1-6(2)9-10(15(16)17)11(12)14(13-9)7(3)8-4-5-8/h6-8H,4-5H2,1-3H3. The summed E-state index contributed by atoms with van der Waals surface area (Å²) in [5, 5.41) is 15.5. The summed E-state index contributed by atoms with van der Waals surface area (Å²) in [5.41, 5.74) is 0.446. The van der Waals surface area contributed by atoms with Gasteiger partial charge in [-0.3, -0.25) is 10.1 Å². The summed E-state index contributed by atoms with van der Waals surface area (Å²) in [5.74, 6) is 0.563. The van der Waals surface area contributed by atoms with E-state index in [9.17, 15) is 10.1 Å². The van der Waals surface area contributed by atoms with Crippen LogP contribution in [-0.4, -0.2) is 14.7 Å². The molecule has 0 aromatic carbocycles. The quantitative estimate of drug-likeness (QED) is 0.612. The highest BCUT2D eigenvalue weighted by atomic mass is 35.5. The monoisotopic (exact) mass is 257 g/mol. The van der Waals surface area contributed by atoms with Crippen molar-refractivity contribution in [1.29, 1.82) is 0 Å². The molecule has 1 aliphatic carbocycles. The van der Waals surface area contributed by atoms with Crippen LogP contribution in [0.5, 0.6) is 0 Å². The lowest BCUT2D eigenvalue weighted by molar-refractivity contribution is -0.385. The molecule has 1 heterocycles. The molecule has 0 aliphatic heterocycles. The van der Waals surface area contributed by atoms with E-state index in [1.54, 1.807) is 4.68 Å². The number of nitrogens with zero attached hydrogens (tertiary/aromatic N) is 3. The maximum absolute atomic E-state index is 11.0. The van der Waals surface area contributed by atoms with Crippen molar-refractivity contribution in [2.45, 2.75) is 45.6 Å². The largest absolute Gasteiger partial charge is 0.329 e. The first-order valence-electron chi connectivity index (χ1n) is 5.85. The van der Waals surface area contributed by atoms with Crippen LogP contribution in [0, 0.1) is 16.0 Å². The second kappa shape index (κ2) is 4.29. The molecule has 1 saturated carbocycles. The summed E-state index contributed by atoms with van der Waals surface area (Å²) in [6, 6.07) is 0.147. The average Bonchev–Trinajstić information content (AvgIpc) is 3.00. The predicted molar refractivity (Wildman–Crippen MR) is 65.4 cm³/mol. The highest BCUT2D eigenvalue weighted by Gasteiger charge is 2.35. The van der Waals surface area contributed by atoms with E-state index < -0.39 is 4.92 Å². The van der Waals surface area contributed by atoms with Gasteiger partial charge in [0.2, 0.25) is 5.15 Å². The van der Waals surface area contributed by atoms with E-state index in [0.717, 1.165) is 12.8 Å². The molecule has 6 heteroatoms. The van der Waals surface area contributed by atoms with Crippen molar-refractivity contribution in [3.05, 3.63) is 21.0 Å². The number of hydrogen-bond acceptors (Lipinski definition) is 3. The van der Waals surface area contributed by atoms with E-state index in [0.29, 0.717) is 11.6 Å². The van der Waals surface area contributed by atoms with Gasteiger partial charge in [-0.2, -0.15) is 5.10 Å². The van der Waals surface area contributed by atoms with Crippen molar-refractivity contribution >= 4 is 17.3 Å². The SMILES string of the molecule is CC(C)c1nn(C(C)C2CC2)c(Cl)c1[N+](=O)[O-]. The van der Waals surface area contributed by atoms with Gasteiger partial charge in [0.1, 0.15) is 5.69 Å². The van der Waals surface area contributed by atoms with Crippen LogP contribution in [0.2, 0.25) is 5.15 Å². The van der Waals surface area contributed by atoms with Crippen molar-refractivity contribution < 1.29 is 4.92 Å². The van der Waals surface area contributed by atoms with Gasteiger partial charge >= 0.3 is 5.69 Å². The molecule has 1 aromatic rings. The molecule has 94 valence electrons. The summed E-state index contributed by atoms with van der Waals surface area (Å²) in [7, 11) is 0. The van der Waals surface area contributed by atoms with Crippen molar-refractivity contribution in [2.24, 2.45) is 5.92 Å². The Morgan fingerprint density at radius 2 is 2.06 bits per heavy atom. The first-order valence-corrected chi connectivity index (χ1v) is 6.23. The van der Waals surface area contributed by atoms with Gasteiger partial charge in [0.05, 0.1) is 11.0 Å². The Bertz CT molecular complexity index is 452. The van der Waals surface area contributed by atoms with E-state index in [2.05, 4.69) is 5.10 Å². The third-order valence-electron chi connectivity index (χ3n) is 3.27. The topological polar surface area (TPSA) is 61.0 Å². The lowest BCUT2D eigenvalue weighted by Crippen LogP contribution is -2.09. The molecule has 1 aromatic heterocycles. The fourth-order valence-electron chi connectivity index (χ4n) is 2.03. The number of nitro groups is 1. The average molecular weight is 258 g/mol. The normalized spacial score (nSPS) is 17.5. The Labute approximate surface area is 105 Å². The van der Waals surface area contributed by atoms with E-state index >= 15 is 0 Å².